The molecule has 122 valence electrons. The molecule has 1 N–H and O–H groups in total. The van der Waals surface area contributed by atoms with Crippen molar-refractivity contribution in [1.82, 2.24) is 9.88 Å². The van der Waals surface area contributed by atoms with Crippen LogP contribution in [-0.4, -0.2) is 47.8 Å². The minimum absolute atomic E-state index is 0.0204. The average Bonchev–Trinajstić information content (AvgIpc) is 2.63. The van der Waals surface area contributed by atoms with E-state index < -0.39 is 0 Å². The molecule has 4 heteroatoms. The Morgan fingerprint density at radius 2 is 1.83 bits per heavy atom. The number of aryl methyl sites for hydroxylation is 1. The van der Waals surface area contributed by atoms with Gasteiger partial charge in [0.1, 0.15) is 0 Å². The van der Waals surface area contributed by atoms with E-state index in [2.05, 4.69) is 34.1 Å². The molecule has 1 aromatic heterocycles. The van der Waals surface area contributed by atoms with E-state index in [1.165, 1.54) is 12.0 Å². The van der Waals surface area contributed by atoms with Gasteiger partial charge >= 0.3 is 0 Å². The highest BCUT2D eigenvalue weighted by Gasteiger charge is 2.09. The molecule has 1 aliphatic rings. The van der Waals surface area contributed by atoms with Gasteiger partial charge in [0.2, 0.25) is 0 Å². The summed E-state index contributed by atoms with van der Waals surface area (Å²) in [7, 11) is 0. The first-order chi connectivity index (χ1) is 11.3. The molecule has 0 unspecified atom stereocenters. The van der Waals surface area contributed by atoms with E-state index >= 15 is 0 Å². The normalized spacial score (nSPS) is 15.7. The van der Waals surface area contributed by atoms with Gasteiger partial charge in [-0.2, -0.15) is 0 Å². The Hall–Kier alpha value is -1.75. The molecule has 2 aromatic rings. The van der Waals surface area contributed by atoms with Gasteiger partial charge in [-0.05, 0) is 37.1 Å². The van der Waals surface area contributed by atoms with Gasteiger partial charge in [-0.3, -0.25) is 9.88 Å². The third kappa shape index (κ3) is 4.61. The van der Waals surface area contributed by atoms with Crippen LogP contribution in [0.1, 0.15) is 17.7 Å². The first-order valence-corrected chi connectivity index (χ1v) is 8.31. The summed E-state index contributed by atoms with van der Waals surface area (Å²) in [6.45, 7) is 4.99. The first-order valence-electron chi connectivity index (χ1n) is 8.31. The Morgan fingerprint density at radius 1 is 1.04 bits per heavy atom. The summed E-state index contributed by atoms with van der Waals surface area (Å²) >= 11 is 0. The minimum atomic E-state index is -0.0204. The molecule has 1 aliphatic heterocycles. The van der Waals surface area contributed by atoms with Crippen LogP contribution in [0.15, 0.2) is 42.5 Å². The molecule has 1 saturated heterocycles. The third-order valence-corrected chi connectivity index (χ3v) is 4.26. The van der Waals surface area contributed by atoms with E-state index in [0.29, 0.717) is 5.69 Å². The zero-order valence-corrected chi connectivity index (χ0v) is 13.4. The van der Waals surface area contributed by atoms with Gasteiger partial charge < -0.3 is 9.84 Å². The molecule has 0 atom stereocenters. The number of hydrogen-bond acceptors (Lipinski definition) is 4. The molecule has 0 aliphatic carbocycles. The van der Waals surface area contributed by atoms with Crippen LogP contribution in [0, 0.1) is 0 Å². The summed E-state index contributed by atoms with van der Waals surface area (Å²) in [5.74, 6) is 0. The molecule has 0 amide bonds. The lowest BCUT2D eigenvalue weighted by atomic mass is 10.0. The van der Waals surface area contributed by atoms with E-state index in [1.54, 1.807) is 0 Å². The molecule has 0 saturated carbocycles. The smallest absolute Gasteiger partial charge is 0.0853 e. The van der Waals surface area contributed by atoms with Crippen LogP contribution in [0.3, 0.4) is 0 Å². The molecule has 0 bridgehead atoms. The molecule has 0 radical (unpaired) electrons. The zero-order chi connectivity index (χ0) is 15.9. The fourth-order valence-electron chi connectivity index (χ4n) is 2.90. The average molecular weight is 312 g/mol. The van der Waals surface area contributed by atoms with Crippen LogP contribution in [0.4, 0.5) is 0 Å². The van der Waals surface area contributed by atoms with Crippen molar-refractivity contribution in [3.05, 3.63) is 53.7 Å². The summed E-state index contributed by atoms with van der Waals surface area (Å²) in [5, 5.41) is 9.18. The summed E-state index contributed by atoms with van der Waals surface area (Å²) in [6, 6.07) is 14.4. The Morgan fingerprint density at radius 3 is 2.57 bits per heavy atom. The highest BCUT2D eigenvalue weighted by Crippen LogP contribution is 2.18. The van der Waals surface area contributed by atoms with Crippen LogP contribution in [0.25, 0.3) is 11.3 Å². The fourth-order valence-corrected chi connectivity index (χ4v) is 2.90. The van der Waals surface area contributed by atoms with Gasteiger partial charge in [-0.15, -0.1) is 0 Å². The maximum atomic E-state index is 9.18. The van der Waals surface area contributed by atoms with Crippen molar-refractivity contribution >= 4 is 0 Å². The van der Waals surface area contributed by atoms with Crippen molar-refractivity contribution in [2.45, 2.75) is 19.4 Å². The van der Waals surface area contributed by atoms with Gasteiger partial charge in [-0.1, -0.05) is 30.3 Å². The lowest BCUT2D eigenvalue weighted by Gasteiger charge is -2.26. The second kappa shape index (κ2) is 8.20. The standard InChI is InChI=1S/C19H24N2O2/c22-15-18-4-1-5-19(20-18)17-8-6-16(7-9-17)3-2-10-21-11-13-23-14-12-21/h1,4-9,22H,2-3,10-15H2. The van der Waals surface area contributed by atoms with E-state index in [4.69, 9.17) is 4.74 Å². The number of aliphatic hydroxyl groups is 1. The molecule has 2 heterocycles. The largest absolute Gasteiger partial charge is 0.390 e. The van der Waals surface area contributed by atoms with Gasteiger partial charge in [-0.25, -0.2) is 0 Å². The van der Waals surface area contributed by atoms with Crippen LogP contribution in [0.2, 0.25) is 0 Å². The Labute approximate surface area is 137 Å². The maximum Gasteiger partial charge on any atom is 0.0853 e. The molecule has 1 aromatic carbocycles. The van der Waals surface area contributed by atoms with Crippen molar-refractivity contribution < 1.29 is 9.84 Å². The third-order valence-electron chi connectivity index (χ3n) is 4.26. The Bertz CT molecular complexity index is 607. The molecule has 4 nitrogen and oxygen atoms in total. The molecule has 1 fully saturated rings. The van der Waals surface area contributed by atoms with E-state index in [9.17, 15) is 5.11 Å². The van der Waals surface area contributed by atoms with E-state index in [1.807, 2.05) is 18.2 Å². The van der Waals surface area contributed by atoms with Gasteiger partial charge in [0.05, 0.1) is 31.2 Å². The summed E-state index contributed by atoms with van der Waals surface area (Å²) < 4.78 is 5.37. The highest BCUT2D eigenvalue weighted by molar-refractivity contribution is 5.59. The second-order valence-electron chi connectivity index (χ2n) is 5.93. The number of pyridine rings is 1. The maximum absolute atomic E-state index is 9.18. The topological polar surface area (TPSA) is 45.6 Å². The fraction of sp³-hybridized carbons (Fsp3) is 0.421. The van der Waals surface area contributed by atoms with Crippen molar-refractivity contribution in [1.29, 1.82) is 0 Å². The van der Waals surface area contributed by atoms with Crippen LogP contribution in [-0.2, 0) is 17.8 Å². The van der Waals surface area contributed by atoms with Crippen molar-refractivity contribution in [2.24, 2.45) is 0 Å². The minimum Gasteiger partial charge on any atom is -0.390 e. The van der Waals surface area contributed by atoms with Gasteiger partial charge in [0.15, 0.2) is 0 Å². The first kappa shape index (κ1) is 16.1. The molecular weight excluding hydrogens is 288 g/mol. The molecule has 3 rings (SSSR count). The van der Waals surface area contributed by atoms with Crippen LogP contribution in [0.5, 0.6) is 0 Å². The number of benzene rings is 1. The summed E-state index contributed by atoms with van der Waals surface area (Å²) in [4.78, 5) is 6.92. The predicted molar refractivity (Wildman–Crippen MR) is 91.2 cm³/mol. The second-order valence-corrected chi connectivity index (χ2v) is 5.93. The van der Waals surface area contributed by atoms with Gasteiger partial charge in [0, 0.05) is 18.7 Å². The Kier molecular flexibility index (Phi) is 5.75. The lowest BCUT2D eigenvalue weighted by Crippen LogP contribution is -2.36. The van der Waals surface area contributed by atoms with Crippen molar-refractivity contribution in [3.63, 3.8) is 0 Å². The predicted octanol–water partition coefficient (Wildman–Crippen LogP) is 2.51. The van der Waals surface area contributed by atoms with E-state index in [0.717, 1.165) is 50.5 Å². The number of ether oxygens (including phenoxy) is 1. The molecule has 23 heavy (non-hydrogen) atoms. The van der Waals surface area contributed by atoms with Crippen molar-refractivity contribution in [3.8, 4) is 11.3 Å². The SMILES string of the molecule is OCc1cccc(-c2ccc(CCCN3CCOCC3)cc2)n1. The number of aromatic nitrogens is 1. The quantitative estimate of drug-likeness (QED) is 0.890. The molecular formula is C19H24N2O2. The number of aliphatic hydroxyl groups excluding tert-OH is 1. The molecule has 0 spiro atoms. The number of rotatable bonds is 6. The highest BCUT2D eigenvalue weighted by atomic mass is 16.5. The van der Waals surface area contributed by atoms with E-state index in [-0.39, 0.29) is 6.61 Å². The Balaban J connectivity index is 1.54. The number of morpholine rings is 1. The lowest BCUT2D eigenvalue weighted by molar-refractivity contribution is 0.0375. The summed E-state index contributed by atoms with van der Waals surface area (Å²) in [6.07, 6.45) is 2.28. The number of nitrogens with zero attached hydrogens (tertiary/aromatic N) is 2. The van der Waals surface area contributed by atoms with Crippen LogP contribution >= 0.6 is 0 Å². The van der Waals surface area contributed by atoms with Crippen molar-refractivity contribution in [2.75, 3.05) is 32.8 Å². The van der Waals surface area contributed by atoms with Crippen LogP contribution < -0.4 is 0 Å². The number of hydrogen-bond donors (Lipinski definition) is 1. The zero-order valence-electron chi connectivity index (χ0n) is 13.4. The van der Waals surface area contributed by atoms with Gasteiger partial charge in [0.25, 0.3) is 0 Å². The summed E-state index contributed by atoms with van der Waals surface area (Å²) in [5.41, 5.74) is 4.08. The monoisotopic (exact) mass is 312 g/mol.